The lowest BCUT2D eigenvalue weighted by molar-refractivity contribution is 0.217. The highest BCUT2D eigenvalue weighted by Crippen LogP contribution is 2.32. The third-order valence-electron chi connectivity index (χ3n) is 4.76. The molecule has 1 saturated heterocycles. The van der Waals surface area contributed by atoms with Crippen LogP contribution in [-0.2, 0) is 0 Å². The number of nitrogens with zero attached hydrogens (tertiary/aromatic N) is 1. The van der Waals surface area contributed by atoms with Crippen LogP contribution in [0.2, 0.25) is 5.15 Å². The molecule has 1 saturated carbocycles. The lowest BCUT2D eigenvalue weighted by Gasteiger charge is -2.40. The summed E-state index contributed by atoms with van der Waals surface area (Å²) >= 11 is 5.98. The molecule has 3 atom stereocenters. The Morgan fingerprint density at radius 1 is 1.15 bits per heavy atom. The minimum atomic E-state index is 0.567. The zero-order valence-electron chi connectivity index (χ0n) is 11.9. The van der Waals surface area contributed by atoms with E-state index in [1.54, 1.807) is 6.20 Å². The van der Waals surface area contributed by atoms with Crippen molar-refractivity contribution >= 4 is 17.3 Å². The SMILES string of the molecule is Clc1cc(NC2CCCCC2C2CCCCN2)ccn1. The predicted molar refractivity (Wildman–Crippen MR) is 84.3 cm³/mol. The van der Waals surface area contributed by atoms with Gasteiger partial charge in [-0.1, -0.05) is 30.9 Å². The number of anilines is 1. The summed E-state index contributed by atoms with van der Waals surface area (Å²) in [5.41, 5.74) is 1.11. The Balaban J connectivity index is 1.68. The standard InChI is InChI=1S/C16H24ClN3/c17-16-11-12(8-10-19-16)20-15-7-2-1-5-13(15)14-6-3-4-9-18-14/h8,10-11,13-15,18H,1-7,9H2,(H,19,20). The summed E-state index contributed by atoms with van der Waals surface area (Å²) in [6.07, 6.45) is 11.1. The van der Waals surface area contributed by atoms with Gasteiger partial charge in [0.15, 0.2) is 0 Å². The first kappa shape index (κ1) is 14.2. The van der Waals surface area contributed by atoms with Crippen molar-refractivity contribution in [2.24, 2.45) is 5.92 Å². The lowest BCUT2D eigenvalue weighted by Crippen LogP contribution is -2.48. The van der Waals surface area contributed by atoms with Gasteiger partial charge < -0.3 is 10.6 Å². The number of rotatable bonds is 3. The van der Waals surface area contributed by atoms with Gasteiger partial charge in [-0.3, -0.25) is 0 Å². The molecular formula is C16H24ClN3. The molecule has 20 heavy (non-hydrogen) atoms. The van der Waals surface area contributed by atoms with E-state index in [0.717, 1.165) is 11.6 Å². The second-order valence-electron chi connectivity index (χ2n) is 6.12. The van der Waals surface area contributed by atoms with Crippen LogP contribution in [0.25, 0.3) is 0 Å². The van der Waals surface area contributed by atoms with Crippen LogP contribution in [0.4, 0.5) is 5.69 Å². The summed E-state index contributed by atoms with van der Waals surface area (Å²) in [5, 5.41) is 8.01. The molecule has 0 spiro atoms. The van der Waals surface area contributed by atoms with Crippen molar-refractivity contribution in [1.82, 2.24) is 10.3 Å². The summed E-state index contributed by atoms with van der Waals surface area (Å²) in [7, 11) is 0. The Morgan fingerprint density at radius 3 is 2.80 bits per heavy atom. The van der Waals surface area contributed by atoms with Gasteiger partial charge in [0.1, 0.15) is 5.15 Å². The molecule has 1 aromatic rings. The summed E-state index contributed by atoms with van der Waals surface area (Å²) < 4.78 is 0. The molecule has 0 aromatic carbocycles. The molecule has 4 heteroatoms. The van der Waals surface area contributed by atoms with E-state index in [1.165, 1.54) is 51.5 Å². The van der Waals surface area contributed by atoms with Gasteiger partial charge in [0.05, 0.1) is 0 Å². The minimum Gasteiger partial charge on any atom is -0.382 e. The van der Waals surface area contributed by atoms with Crippen molar-refractivity contribution in [2.75, 3.05) is 11.9 Å². The summed E-state index contributed by atoms with van der Waals surface area (Å²) in [6.45, 7) is 1.19. The van der Waals surface area contributed by atoms with Crippen molar-refractivity contribution in [1.29, 1.82) is 0 Å². The van der Waals surface area contributed by atoms with Gasteiger partial charge in [-0.15, -0.1) is 0 Å². The van der Waals surface area contributed by atoms with Gasteiger partial charge in [0.25, 0.3) is 0 Å². The van der Waals surface area contributed by atoms with Gasteiger partial charge in [0, 0.05) is 24.0 Å². The molecule has 1 aliphatic heterocycles. The molecule has 2 heterocycles. The molecule has 0 radical (unpaired) electrons. The van der Waals surface area contributed by atoms with Gasteiger partial charge in [0.2, 0.25) is 0 Å². The van der Waals surface area contributed by atoms with Crippen molar-refractivity contribution < 1.29 is 0 Å². The molecule has 1 aliphatic carbocycles. The van der Waals surface area contributed by atoms with Crippen molar-refractivity contribution in [3.8, 4) is 0 Å². The molecule has 3 nitrogen and oxygen atoms in total. The third-order valence-corrected chi connectivity index (χ3v) is 4.97. The van der Waals surface area contributed by atoms with Crippen LogP contribution in [0.15, 0.2) is 18.3 Å². The average molecular weight is 294 g/mol. The first-order chi connectivity index (χ1) is 9.83. The minimum absolute atomic E-state index is 0.567. The van der Waals surface area contributed by atoms with Crippen LogP contribution in [0.3, 0.4) is 0 Å². The molecule has 2 fully saturated rings. The van der Waals surface area contributed by atoms with Crippen molar-refractivity contribution in [3.05, 3.63) is 23.5 Å². The van der Waals surface area contributed by atoms with E-state index in [2.05, 4.69) is 15.6 Å². The lowest BCUT2D eigenvalue weighted by atomic mass is 9.77. The molecule has 2 aliphatic rings. The Labute approximate surface area is 126 Å². The first-order valence-corrected chi connectivity index (χ1v) is 8.32. The van der Waals surface area contributed by atoms with E-state index >= 15 is 0 Å². The number of nitrogens with one attached hydrogen (secondary N) is 2. The largest absolute Gasteiger partial charge is 0.382 e. The van der Waals surface area contributed by atoms with E-state index in [-0.39, 0.29) is 0 Å². The van der Waals surface area contributed by atoms with E-state index in [4.69, 9.17) is 11.6 Å². The molecule has 3 unspecified atom stereocenters. The van der Waals surface area contributed by atoms with Gasteiger partial charge >= 0.3 is 0 Å². The van der Waals surface area contributed by atoms with Crippen molar-refractivity contribution in [3.63, 3.8) is 0 Å². The quantitative estimate of drug-likeness (QED) is 0.831. The van der Waals surface area contributed by atoms with E-state index in [0.29, 0.717) is 17.2 Å². The van der Waals surface area contributed by atoms with E-state index < -0.39 is 0 Å². The van der Waals surface area contributed by atoms with Crippen molar-refractivity contribution in [2.45, 2.75) is 57.0 Å². The predicted octanol–water partition coefficient (Wildman–Crippen LogP) is 3.85. The van der Waals surface area contributed by atoms with Crippen LogP contribution in [0, 0.1) is 5.92 Å². The number of hydrogen-bond donors (Lipinski definition) is 2. The van der Waals surface area contributed by atoms with Gasteiger partial charge in [-0.05, 0) is 50.3 Å². The van der Waals surface area contributed by atoms with E-state index in [1.807, 2.05) is 12.1 Å². The number of aromatic nitrogens is 1. The Hall–Kier alpha value is -0.800. The molecule has 3 rings (SSSR count). The maximum atomic E-state index is 5.98. The smallest absolute Gasteiger partial charge is 0.131 e. The van der Waals surface area contributed by atoms with Crippen LogP contribution >= 0.6 is 11.6 Å². The highest BCUT2D eigenvalue weighted by atomic mass is 35.5. The monoisotopic (exact) mass is 293 g/mol. The van der Waals surface area contributed by atoms with Crippen LogP contribution in [0.5, 0.6) is 0 Å². The number of hydrogen-bond acceptors (Lipinski definition) is 3. The second-order valence-corrected chi connectivity index (χ2v) is 6.51. The first-order valence-electron chi connectivity index (χ1n) is 7.94. The average Bonchev–Trinajstić information content (AvgIpc) is 2.49. The van der Waals surface area contributed by atoms with Crippen LogP contribution in [-0.4, -0.2) is 23.6 Å². The molecular weight excluding hydrogens is 270 g/mol. The maximum Gasteiger partial charge on any atom is 0.131 e. The summed E-state index contributed by atoms with van der Waals surface area (Å²) in [6, 6.07) is 5.21. The van der Waals surface area contributed by atoms with E-state index in [9.17, 15) is 0 Å². The summed E-state index contributed by atoms with van der Waals surface area (Å²) in [5.74, 6) is 0.746. The highest BCUT2D eigenvalue weighted by molar-refractivity contribution is 6.29. The fraction of sp³-hybridized carbons (Fsp3) is 0.688. The van der Waals surface area contributed by atoms with Gasteiger partial charge in [-0.2, -0.15) is 0 Å². The fourth-order valence-corrected chi connectivity index (χ4v) is 3.94. The van der Waals surface area contributed by atoms with Crippen LogP contribution < -0.4 is 10.6 Å². The second kappa shape index (κ2) is 6.77. The number of piperidine rings is 1. The fourth-order valence-electron chi connectivity index (χ4n) is 3.77. The molecule has 0 bridgehead atoms. The Kier molecular flexibility index (Phi) is 4.79. The zero-order chi connectivity index (χ0) is 13.8. The normalized spacial score (nSPS) is 30.9. The topological polar surface area (TPSA) is 37.0 Å². The number of halogens is 1. The molecule has 0 amide bonds. The third kappa shape index (κ3) is 3.44. The molecule has 1 aromatic heterocycles. The maximum absolute atomic E-state index is 5.98. The zero-order valence-corrected chi connectivity index (χ0v) is 12.7. The van der Waals surface area contributed by atoms with Crippen LogP contribution in [0.1, 0.15) is 44.9 Å². The number of pyridine rings is 1. The highest BCUT2D eigenvalue weighted by Gasteiger charge is 2.32. The Bertz CT molecular complexity index is 431. The summed E-state index contributed by atoms with van der Waals surface area (Å²) in [4.78, 5) is 4.05. The van der Waals surface area contributed by atoms with Gasteiger partial charge in [-0.25, -0.2) is 4.98 Å². The molecule has 110 valence electrons. The molecule has 2 N–H and O–H groups in total. The Morgan fingerprint density at radius 2 is 2.00 bits per heavy atom.